The number of ether oxygens (including phenoxy) is 2. The maximum atomic E-state index is 12.0. The third-order valence-electron chi connectivity index (χ3n) is 3.91. The van der Waals surface area contributed by atoms with Crippen molar-refractivity contribution in [1.29, 1.82) is 0 Å². The highest BCUT2D eigenvalue weighted by Gasteiger charge is 2.11. The minimum absolute atomic E-state index is 0.213. The van der Waals surface area contributed by atoms with Crippen LogP contribution < -0.4 is 10.1 Å². The number of benzene rings is 2. The molecule has 0 saturated carbocycles. The van der Waals surface area contributed by atoms with Gasteiger partial charge in [-0.1, -0.05) is 43.3 Å². The fourth-order valence-electron chi connectivity index (χ4n) is 2.52. The van der Waals surface area contributed by atoms with Gasteiger partial charge in [0.2, 0.25) is 0 Å². The molecule has 26 heavy (non-hydrogen) atoms. The lowest BCUT2D eigenvalue weighted by Crippen LogP contribution is -2.22. The summed E-state index contributed by atoms with van der Waals surface area (Å²) in [5.41, 5.74) is 2.84. The van der Waals surface area contributed by atoms with Gasteiger partial charge in [0.05, 0.1) is 6.61 Å². The smallest absolute Gasteiger partial charge is 0.306 e. The monoisotopic (exact) mass is 355 g/mol. The number of para-hydroxylation sites is 2. The highest BCUT2D eigenvalue weighted by atomic mass is 16.5. The molecule has 5 heteroatoms. The molecule has 2 aromatic carbocycles. The van der Waals surface area contributed by atoms with Gasteiger partial charge in [0, 0.05) is 12.1 Å². The van der Waals surface area contributed by atoms with Crippen LogP contribution in [0.15, 0.2) is 48.5 Å². The van der Waals surface area contributed by atoms with Crippen molar-refractivity contribution in [3.05, 3.63) is 59.7 Å². The van der Waals surface area contributed by atoms with Crippen molar-refractivity contribution in [2.75, 3.05) is 18.5 Å². The molecular weight excluding hydrogens is 330 g/mol. The van der Waals surface area contributed by atoms with Crippen molar-refractivity contribution < 1.29 is 19.1 Å². The molecule has 0 heterocycles. The summed E-state index contributed by atoms with van der Waals surface area (Å²) in [5.74, 6) is 0.0328. The first-order valence-corrected chi connectivity index (χ1v) is 8.82. The summed E-state index contributed by atoms with van der Waals surface area (Å²) in [7, 11) is 0. The molecule has 1 N–H and O–H groups in total. The Kier molecular flexibility index (Phi) is 7.68. The summed E-state index contributed by atoms with van der Waals surface area (Å²) < 4.78 is 10.5. The Morgan fingerprint density at radius 2 is 1.81 bits per heavy atom. The number of rotatable bonds is 9. The zero-order chi connectivity index (χ0) is 18.8. The molecule has 0 unspecified atom stereocenters. The summed E-state index contributed by atoms with van der Waals surface area (Å²) in [6.45, 7) is 4.11. The van der Waals surface area contributed by atoms with Gasteiger partial charge in [-0.15, -0.1) is 0 Å². The van der Waals surface area contributed by atoms with Crippen molar-refractivity contribution in [2.45, 2.75) is 33.1 Å². The Bertz CT molecular complexity index is 728. The summed E-state index contributed by atoms with van der Waals surface area (Å²) >= 11 is 0. The van der Waals surface area contributed by atoms with Crippen molar-refractivity contribution in [2.24, 2.45) is 0 Å². The quantitative estimate of drug-likeness (QED) is 0.547. The summed E-state index contributed by atoms with van der Waals surface area (Å²) in [5, 5.41) is 2.83. The zero-order valence-electron chi connectivity index (χ0n) is 15.3. The first-order valence-electron chi connectivity index (χ1n) is 8.82. The predicted octanol–water partition coefficient (Wildman–Crippen LogP) is 3.90. The van der Waals surface area contributed by atoms with Crippen LogP contribution in [-0.4, -0.2) is 25.1 Å². The standard InChI is InChI=1S/C21H25NO4/c1-3-17-10-7-9-16(2)21(17)22-19(23)15-26-20(24)13-8-14-25-18-11-5-4-6-12-18/h4-7,9-12H,3,8,13-15H2,1-2H3,(H,22,23). The van der Waals surface area contributed by atoms with E-state index in [-0.39, 0.29) is 18.9 Å². The van der Waals surface area contributed by atoms with Crippen LogP contribution in [0.4, 0.5) is 5.69 Å². The van der Waals surface area contributed by atoms with Crippen LogP contribution in [0.5, 0.6) is 5.75 Å². The van der Waals surface area contributed by atoms with Crippen molar-refractivity contribution >= 4 is 17.6 Å². The Balaban J connectivity index is 1.68. The second-order valence-corrected chi connectivity index (χ2v) is 5.94. The van der Waals surface area contributed by atoms with Crippen LogP contribution >= 0.6 is 0 Å². The number of carbonyl (C=O) groups is 2. The Morgan fingerprint density at radius 3 is 2.54 bits per heavy atom. The normalized spacial score (nSPS) is 10.2. The van der Waals surface area contributed by atoms with E-state index in [0.717, 1.165) is 29.0 Å². The van der Waals surface area contributed by atoms with Gasteiger partial charge in [0.1, 0.15) is 5.75 Å². The van der Waals surface area contributed by atoms with Gasteiger partial charge in [0.25, 0.3) is 5.91 Å². The zero-order valence-corrected chi connectivity index (χ0v) is 15.3. The number of hydrogen-bond donors (Lipinski definition) is 1. The minimum atomic E-state index is -0.405. The SMILES string of the molecule is CCc1cccc(C)c1NC(=O)COC(=O)CCCOc1ccccc1. The van der Waals surface area contributed by atoms with Gasteiger partial charge in [-0.2, -0.15) is 0 Å². The highest BCUT2D eigenvalue weighted by molar-refractivity contribution is 5.94. The fraction of sp³-hybridized carbons (Fsp3) is 0.333. The largest absolute Gasteiger partial charge is 0.494 e. The van der Waals surface area contributed by atoms with E-state index in [0.29, 0.717) is 13.0 Å². The maximum Gasteiger partial charge on any atom is 0.306 e. The van der Waals surface area contributed by atoms with E-state index in [1.807, 2.05) is 62.4 Å². The molecule has 5 nitrogen and oxygen atoms in total. The van der Waals surface area contributed by atoms with Gasteiger partial charge in [0.15, 0.2) is 6.61 Å². The third-order valence-corrected chi connectivity index (χ3v) is 3.91. The topological polar surface area (TPSA) is 64.6 Å². The summed E-state index contributed by atoms with van der Waals surface area (Å²) in [6.07, 6.45) is 1.57. The van der Waals surface area contributed by atoms with E-state index in [4.69, 9.17) is 9.47 Å². The number of carbonyl (C=O) groups excluding carboxylic acids is 2. The number of anilines is 1. The molecule has 138 valence electrons. The van der Waals surface area contributed by atoms with Crippen LogP contribution in [0.25, 0.3) is 0 Å². The number of nitrogens with one attached hydrogen (secondary N) is 1. The molecule has 0 spiro atoms. The second kappa shape index (κ2) is 10.2. The Morgan fingerprint density at radius 1 is 1.04 bits per heavy atom. The molecule has 2 aromatic rings. The molecule has 0 atom stereocenters. The lowest BCUT2D eigenvalue weighted by atomic mass is 10.1. The van der Waals surface area contributed by atoms with Gasteiger partial charge < -0.3 is 14.8 Å². The molecule has 0 aliphatic rings. The molecule has 1 amide bonds. The fourth-order valence-corrected chi connectivity index (χ4v) is 2.52. The van der Waals surface area contributed by atoms with E-state index >= 15 is 0 Å². The second-order valence-electron chi connectivity index (χ2n) is 5.94. The average molecular weight is 355 g/mol. The molecule has 0 fully saturated rings. The molecule has 0 aliphatic carbocycles. The summed E-state index contributed by atoms with van der Waals surface area (Å²) in [4.78, 5) is 23.8. The molecule has 0 bridgehead atoms. The van der Waals surface area contributed by atoms with Crippen LogP contribution in [0.3, 0.4) is 0 Å². The maximum absolute atomic E-state index is 12.0. The molecule has 0 aromatic heterocycles. The predicted molar refractivity (Wildman–Crippen MR) is 101 cm³/mol. The van der Waals surface area contributed by atoms with Crippen LogP contribution in [0.1, 0.15) is 30.9 Å². The number of amides is 1. The molecule has 0 saturated heterocycles. The van der Waals surface area contributed by atoms with E-state index in [1.54, 1.807) is 0 Å². The van der Waals surface area contributed by atoms with Crippen LogP contribution in [0, 0.1) is 6.92 Å². The average Bonchev–Trinajstić information content (AvgIpc) is 2.66. The molecular formula is C21H25NO4. The first kappa shape index (κ1) is 19.5. The van der Waals surface area contributed by atoms with Crippen molar-refractivity contribution in [3.8, 4) is 5.75 Å². The highest BCUT2D eigenvalue weighted by Crippen LogP contribution is 2.20. The molecule has 0 radical (unpaired) electrons. The van der Waals surface area contributed by atoms with Gasteiger partial charge in [-0.3, -0.25) is 9.59 Å². The van der Waals surface area contributed by atoms with E-state index in [9.17, 15) is 9.59 Å². The molecule has 2 rings (SSSR count). The van der Waals surface area contributed by atoms with Gasteiger partial charge in [-0.05, 0) is 43.0 Å². The number of hydrogen-bond acceptors (Lipinski definition) is 4. The molecule has 0 aliphatic heterocycles. The lowest BCUT2D eigenvalue weighted by Gasteiger charge is -2.13. The van der Waals surface area contributed by atoms with Gasteiger partial charge in [-0.25, -0.2) is 0 Å². The van der Waals surface area contributed by atoms with Gasteiger partial charge >= 0.3 is 5.97 Å². The Labute approximate surface area is 154 Å². The Hall–Kier alpha value is -2.82. The van der Waals surface area contributed by atoms with Crippen molar-refractivity contribution in [1.82, 2.24) is 0 Å². The van der Waals surface area contributed by atoms with Crippen LogP contribution in [-0.2, 0) is 20.7 Å². The number of esters is 1. The van der Waals surface area contributed by atoms with Crippen LogP contribution in [0.2, 0.25) is 0 Å². The van der Waals surface area contributed by atoms with Crippen molar-refractivity contribution in [3.63, 3.8) is 0 Å². The summed E-state index contributed by atoms with van der Waals surface area (Å²) in [6, 6.07) is 15.3. The van der Waals surface area contributed by atoms with E-state index in [1.165, 1.54) is 0 Å². The number of aryl methyl sites for hydroxylation is 2. The minimum Gasteiger partial charge on any atom is -0.494 e. The van der Waals surface area contributed by atoms with E-state index < -0.39 is 5.97 Å². The first-order chi connectivity index (χ1) is 12.6. The van der Waals surface area contributed by atoms with E-state index in [2.05, 4.69) is 5.32 Å². The third kappa shape index (κ3) is 6.24. The lowest BCUT2D eigenvalue weighted by molar-refractivity contribution is -0.147.